The Morgan fingerprint density at radius 3 is 2.41 bits per heavy atom. The molecule has 4 rings (SSSR count). The minimum Gasteiger partial charge on any atom is -0.372 e. The number of alkyl halides is 3. The molecule has 2 aromatic rings. The van der Waals surface area contributed by atoms with Gasteiger partial charge in [0.05, 0.1) is 36.2 Å². The van der Waals surface area contributed by atoms with Crippen molar-refractivity contribution in [1.82, 2.24) is 19.8 Å². The number of carbonyl (C=O) groups excluding carboxylic acids is 2. The van der Waals surface area contributed by atoms with Gasteiger partial charge in [-0.05, 0) is 44.0 Å². The third kappa shape index (κ3) is 5.71. The topological polar surface area (TPSA) is 87.7 Å². The Labute approximate surface area is 195 Å². The number of halogens is 3. The average molecular weight is 477 g/mol. The zero-order chi connectivity index (χ0) is 24.3. The first-order valence-electron chi connectivity index (χ1n) is 11.0. The lowest BCUT2D eigenvalue weighted by molar-refractivity contribution is -0.139. The highest BCUT2D eigenvalue weighted by Gasteiger charge is 2.41. The van der Waals surface area contributed by atoms with E-state index >= 15 is 0 Å². The van der Waals surface area contributed by atoms with Gasteiger partial charge >= 0.3 is 6.18 Å². The lowest BCUT2D eigenvalue weighted by Gasteiger charge is -2.47. The molecular formula is C23H26F3N5O3. The number of nitrogens with one attached hydrogen (secondary N) is 1. The molecule has 1 N–H and O–H groups in total. The summed E-state index contributed by atoms with van der Waals surface area (Å²) in [5, 5.41) is 2.65. The Bertz CT molecular complexity index is 1020. The Balaban J connectivity index is 1.29. The number of nitrogens with zero attached hydrogens (tertiary/aromatic N) is 4. The van der Waals surface area contributed by atoms with Crippen molar-refractivity contribution in [2.75, 3.05) is 44.6 Å². The van der Waals surface area contributed by atoms with Crippen LogP contribution in [0.5, 0.6) is 0 Å². The molecular weight excluding hydrogens is 451 g/mol. The maximum Gasteiger partial charge on any atom is 0.416 e. The number of anilines is 1. The molecule has 0 bridgehead atoms. The lowest BCUT2D eigenvalue weighted by atomic mass is 9.89. The second-order valence-corrected chi connectivity index (χ2v) is 8.70. The number of likely N-dealkylation sites (tertiary alicyclic amines) is 1. The summed E-state index contributed by atoms with van der Waals surface area (Å²) in [7, 11) is 0. The molecule has 0 atom stereocenters. The number of hydrogen-bond acceptors (Lipinski definition) is 6. The quantitative estimate of drug-likeness (QED) is 0.729. The molecule has 2 fully saturated rings. The highest BCUT2D eigenvalue weighted by atomic mass is 19.4. The van der Waals surface area contributed by atoms with Crippen molar-refractivity contribution >= 4 is 17.5 Å². The van der Waals surface area contributed by atoms with Gasteiger partial charge in [-0.3, -0.25) is 19.5 Å². The molecule has 3 heterocycles. The second-order valence-electron chi connectivity index (χ2n) is 8.70. The van der Waals surface area contributed by atoms with Crippen LogP contribution in [0.4, 0.5) is 18.9 Å². The maximum atomic E-state index is 12.7. The fraction of sp³-hybridized carbons (Fsp3) is 0.478. The third-order valence-corrected chi connectivity index (χ3v) is 6.15. The van der Waals surface area contributed by atoms with Crippen LogP contribution in [0, 0.1) is 6.92 Å². The highest BCUT2D eigenvalue weighted by molar-refractivity contribution is 5.92. The molecule has 1 spiro atoms. The van der Waals surface area contributed by atoms with Crippen LogP contribution < -0.4 is 5.32 Å². The van der Waals surface area contributed by atoms with E-state index < -0.39 is 17.3 Å². The molecule has 8 nitrogen and oxygen atoms in total. The number of benzene rings is 1. The normalized spacial score (nSPS) is 18.6. The Morgan fingerprint density at radius 2 is 1.79 bits per heavy atom. The highest BCUT2D eigenvalue weighted by Crippen LogP contribution is 2.31. The van der Waals surface area contributed by atoms with E-state index in [1.165, 1.54) is 18.3 Å². The smallest absolute Gasteiger partial charge is 0.372 e. The Hall–Kier alpha value is -3.05. The molecule has 34 heavy (non-hydrogen) atoms. The largest absolute Gasteiger partial charge is 0.416 e. The zero-order valence-electron chi connectivity index (χ0n) is 18.8. The van der Waals surface area contributed by atoms with Gasteiger partial charge in [0.2, 0.25) is 5.91 Å². The second kappa shape index (κ2) is 9.67. The number of aromatic nitrogens is 2. The van der Waals surface area contributed by atoms with Crippen molar-refractivity contribution in [2.45, 2.75) is 31.5 Å². The zero-order valence-corrected chi connectivity index (χ0v) is 18.8. The maximum absolute atomic E-state index is 12.7. The van der Waals surface area contributed by atoms with E-state index in [1.807, 2.05) is 11.8 Å². The van der Waals surface area contributed by atoms with E-state index in [1.54, 1.807) is 11.1 Å². The van der Waals surface area contributed by atoms with Crippen molar-refractivity contribution in [2.24, 2.45) is 0 Å². The molecule has 0 saturated carbocycles. The molecule has 0 radical (unpaired) electrons. The molecule has 2 saturated heterocycles. The molecule has 2 aliphatic heterocycles. The minimum atomic E-state index is -4.42. The van der Waals surface area contributed by atoms with Crippen LogP contribution in [0.1, 0.15) is 34.6 Å². The van der Waals surface area contributed by atoms with Crippen molar-refractivity contribution in [1.29, 1.82) is 0 Å². The number of amides is 2. The molecule has 11 heteroatoms. The molecule has 182 valence electrons. The van der Waals surface area contributed by atoms with Crippen LogP contribution in [0.25, 0.3) is 0 Å². The third-order valence-electron chi connectivity index (χ3n) is 6.15. The summed E-state index contributed by atoms with van der Waals surface area (Å²) in [6.45, 7) is 4.52. The molecule has 1 aromatic carbocycles. The summed E-state index contributed by atoms with van der Waals surface area (Å²) in [5.41, 5.74) is 0.162. The standard InChI is InChI=1S/C23H26F3N5O3/c1-16-12-28-19(13-27-16)21(33)31-8-6-22(7-9-31)15-30(10-11-34-22)14-20(32)29-18-4-2-17(3-5-18)23(24,25)26/h2-5,12-13H,6-11,14-15H2,1H3,(H,29,32). The summed E-state index contributed by atoms with van der Waals surface area (Å²) >= 11 is 0. The first-order valence-corrected chi connectivity index (χ1v) is 11.0. The molecule has 0 aliphatic carbocycles. The van der Waals surface area contributed by atoms with E-state index in [-0.39, 0.29) is 18.4 Å². The summed E-state index contributed by atoms with van der Waals surface area (Å²) < 4.78 is 44.2. The molecule has 0 unspecified atom stereocenters. The van der Waals surface area contributed by atoms with Crippen LogP contribution >= 0.6 is 0 Å². The Kier molecular flexibility index (Phi) is 6.85. The van der Waals surface area contributed by atoms with Crippen molar-refractivity contribution in [3.8, 4) is 0 Å². The van der Waals surface area contributed by atoms with Crippen LogP contribution in [0.2, 0.25) is 0 Å². The average Bonchev–Trinajstić information content (AvgIpc) is 2.79. The number of aryl methyl sites for hydroxylation is 1. The summed E-state index contributed by atoms with van der Waals surface area (Å²) in [4.78, 5) is 37.2. The van der Waals surface area contributed by atoms with Gasteiger partial charge in [-0.25, -0.2) is 4.98 Å². The predicted octanol–water partition coefficient (Wildman–Crippen LogP) is 2.75. The van der Waals surface area contributed by atoms with Gasteiger partial charge in [0.25, 0.3) is 5.91 Å². The summed E-state index contributed by atoms with van der Waals surface area (Å²) in [6.07, 6.45) is -0.102. The first kappa shape index (κ1) is 24.1. The van der Waals surface area contributed by atoms with E-state index in [2.05, 4.69) is 15.3 Å². The van der Waals surface area contributed by atoms with Crippen molar-refractivity contribution in [3.05, 3.63) is 53.6 Å². The number of piperidine rings is 1. The molecule has 2 amide bonds. The number of carbonyl (C=O) groups is 2. The molecule has 1 aromatic heterocycles. The lowest BCUT2D eigenvalue weighted by Crippen LogP contribution is -2.58. The van der Waals surface area contributed by atoms with Crippen LogP contribution in [0.15, 0.2) is 36.7 Å². The summed E-state index contributed by atoms with van der Waals surface area (Å²) in [5.74, 6) is -0.465. The van der Waals surface area contributed by atoms with E-state index in [0.717, 1.165) is 17.8 Å². The fourth-order valence-electron chi connectivity index (χ4n) is 4.29. The first-order chi connectivity index (χ1) is 16.1. The van der Waals surface area contributed by atoms with Gasteiger partial charge in [0.1, 0.15) is 5.69 Å². The van der Waals surface area contributed by atoms with Crippen molar-refractivity contribution in [3.63, 3.8) is 0 Å². The van der Waals surface area contributed by atoms with Gasteiger partial charge in [0.15, 0.2) is 0 Å². The van der Waals surface area contributed by atoms with Gasteiger partial charge in [0, 0.05) is 38.1 Å². The number of rotatable bonds is 4. The monoisotopic (exact) mass is 477 g/mol. The van der Waals surface area contributed by atoms with Crippen molar-refractivity contribution < 1.29 is 27.5 Å². The SMILES string of the molecule is Cc1cnc(C(=O)N2CCC3(CC2)CN(CC(=O)Nc2ccc(C(F)(F)F)cc2)CCO3)cn1. The van der Waals surface area contributed by atoms with Gasteiger partial charge in [-0.15, -0.1) is 0 Å². The van der Waals surface area contributed by atoms with E-state index in [4.69, 9.17) is 4.74 Å². The Morgan fingerprint density at radius 1 is 1.09 bits per heavy atom. The summed E-state index contributed by atoms with van der Waals surface area (Å²) in [6, 6.07) is 4.37. The van der Waals surface area contributed by atoms with E-state index in [9.17, 15) is 22.8 Å². The fourth-order valence-corrected chi connectivity index (χ4v) is 4.29. The van der Waals surface area contributed by atoms with Crippen LogP contribution in [-0.2, 0) is 15.7 Å². The predicted molar refractivity (Wildman–Crippen MR) is 117 cm³/mol. The van der Waals surface area contributed by atoms with Crippen LogP contribution in [0.3, 0.4) is 0 Å². The van der Waals surface area contributed by atoms with Gasteiger partial charge < -0.3 is 15.0 Å². The number of hydrogen-bond donors (Lipinski definition) is 1. The molecule has 2 aliphatic rings. The van der Waals surface area contributed by atoms with E-state index in [0.29, 0.717) is 57.0 Å². The number of morpholine rings is 1. The van der Waals surface area contributed by atoms with Crippen LogP contribution in [-0.4, -0.2) is 76.5 Å². The number of ether oxygens (including phenoxy) is 1. The minimum absolute atomic E-state index is 0.105. The van der Waals surface area contributed by atoms with Gasteiger partial charge in [-0.2, -0.15) is 13.2 Å². The van der Waals surface area contributed by atoms with Gasteiger partial charge in [-0.1, -0.05) is 0 Å².